The van der Waals surface area contributed by atoms with Gasteiger partial charge in [0.1, 0.15) is 13.2 Å². The third-order valence-electron chi connectivity index (χ3n) is 15.7. The van der Waals surface area contributed by atoms with Gasteiger partial charge in [-0.25, -0.2) is 0 Å². The summed E-state index contributed by atoms with van der Waals surface area (Å²) in [5.41, 5.74) is 0. The third kappa shape index (κ3) is 67.5. The molecule has 0 radical (unpaired) electrons. The Bertz CT molecular complexity index is 1490. The Morgan fingerprint density at radius 2 is 0.506 bits per heavy atom. The third-order valence-corrected chi connectivity index (χ3v) is 15.7. The van der Waals surface area contributed by atoms with Crippen molar-refractivity contribution in [2.45, 2.75) is 374 Å². The summed E-state index contributed by atoms with van der Waals surface area (Å²) in [6.07, 6.45) is 90.9. The quantitative estimate of drug-likeness (QED) is 0.0261. The SMILES string of the molecule is CC/C=C\C/C=C\C/C=C\C/C=C\C/C=C\CCCCCCCCCCCC(=O)OC(COC(=O)CCCCCCC/C=C\CCC)COC(=O)CCCCCCCCCCCCCCCCCCCCCCCCCCCCCC. The lowest BCUT2D eigenvalue weighted by molar-refractivity contribution is -0.167. The Labute approximate surface area is 503 Å². The molecule has 0 aliphatic carbocycles. The van der Waals surface area contributed by atoms with Crippen molar-refractivity contribution in [3.05, 3.63) is 72.9 Å². The predicted octanol–water partition coefficient (Wildman–Crippen LogP) is 24.4. The molecule has 6 heteroatoms. The maximum absolute atomic E-state index is 12.9. The van der Waals surface area contributed by atoms with Gasteiger partial charge in [0.25, 0.3) is 0 Å². The van der Waals surface area contributed by atoms with Crippen LogP contribution in [0.5, 0.6) is 0 Å². The maximum atomic E-state index is 12.9. The Morgan fingerprint density at radius 1 is 0.259 bits per heavy atom. The minimum absolute atomic E-state index is 0.0770. The second-order valence-electron chi connectivity index (χ2n) is 23.8. The van der Waals surface area contributed by atoms with E-state index in [-0.39, 0.29) is 31.1 Å². The molecule has 0 amide bonds. The van der Waals surface area contributed by atoms with Crippen LogP contribution >= 0.6 is 0 Å². The van der Waals surface area contributed by atoms with Crippen molar-refractivity contribution >= 4 is 17.9 Å². The largest absolute Gasteiger partial charge is 0.462 e. The van der Waals surface area contributed by atoms with E-state index >= 15 is 0 Å². The van der Waals surface area contributed by atoms with Gasteiger partial charge >= 0.3 is 17.9 Å². The Morgan fingerprint density at radius 3 is 0.815 bits per heavy atom. The maximum Gasteiger partial charge on any atom is 0.306 e. The van der Waals surface area contributed by atoms with E-state index < -0.39 is 6.10 Å². The van der Waals surface area contributed by atoms with Crippen molar-refractivity contribution in [3.63, 3.8) is 0 Å². The number of rotatable bonds is 65. The molecule has 6 nitrogen and oxygen atoms in total. The van der Waals surface area contributed by atoms with E-state index in [2.05, 4.69) is 93.7 Å². The van der Waals surface area contributed by atoms with Crippen LogP contribution in [0.4, 0.5) is 0 Å². The summed E-state index contributed by atoms with van der Waals surface area (Å²) in [7, 11) is 0. The average molecular weight is 1130 g/mol. The van der Waals surface area contributed by atoms with Crippen LogP contribution < -0.4 is 0 Å². The molecule has 0 N–H and O–H groups in total. The van der Waals surface area contributed by atoms with Gasteiger partial charge in [-0.3, -0.25) is 14.4 Å². The van der Waals surface area contributed by atoms with Gasteiger partial charge in [0.15, 0.2) is 6.10 Å². The summed E-state index contributed by atoms with van der Waals surface area (Å²) >= 11 is 0. The van der Waals surface area contributed by atoms with Crippen molar-refractivity contribution in [1.82, 2.24) is 0 Å². The molecule has 470 valence electrons. The molecule has 0 rings (SSSR count). The first-order valence-electron chi connectivity index (χ1n) is 35.4. The lowest BCUT2D eigenvalue weighted by Crippen LogP contribution is -2.30. The van der Waals surface area contributed by atoms with Crippen LogP contribution in [-0.2, 0) is 28.6 Å². The van der Waals surface area contributed by atoms with Crippen LogP contribution in [0, 0.1) is 0 Å². The highest BCUT2D eigenvalue weighted by atomic mass is 16.6. The average Bonchev–Trinajstić information content (AvgIpc) is 3.47. The fourth-order valence-electron chi connectivity index (χ4n) is 10.4. The van der Waals surface area contributed by atoms with Crippen molar-refractivity contribution in [1.29, 1.82) is 0 Å². The molecule has 0 saturated carbocycles. The number of hydrogen-bond acceptors (Lipinski definition) is 6. The van der Waals surface area contributed by atoms with Crippen LogP contribution in [-0.4, -0.2) is 37.2 Å². The summed E-state index contributed by atoms with van der Waals surface area (Å²) in [5.74, 6) is -0.876. The second-order valence-corrected chi connectivity index (χ2v) is 23.8. The first-order valence-corrected chi connectivity index (χ1v) is 35.4. The van der Waals surface area contributed by atoms with E-state index in [0.717, 1.165) is 109 Å². The highest BCUT2D eigenvalue weighted by Crippen LogP contribution is 2.18. The molecular formula is C75H134O6. The molecule has 0 spiro atoms. The van der Waals surface area contributed by atoms with Crippen LogP contribution in [0.15, 0.2) is 72.9 Å². The van der Waals surface area contributed by atoms with Crippen LogP contribution in [0.25, 0.3) is 0 Å². The van der Waals surface area contributed by atoms with Gasteiger partial charge in [0.05, 0.1) is 0 Å². The van der Waals surface area contributed by atoms with E-state index in [9.17, 15) is 14.4 Å². The summed E-state index contributed by atoms with van der Waals surface area (Å²) in [4.78, 5) is 38.3. The summed E-state index contributed by atoms with van der Waals surface area (Å²) < 4.78 is 16.9. The Balaban J connectivity index is 4.16. The summed E-state index contributed by atoms with van der Waals surface area (Å²) in [5, 5.41) is 0. The van der Waals surface area contributed by atoms with Crippen LogP contribution in [0.3, 0.4) is 0 Å². The molecule has 1 unspecified atom stereocenters. The van der Waals surface area contributed by atoms with Gasteiger partial charge in [-0.05, 0) is 83.5 Å². The van der Waals surface area contributed by atoms with E-state index in [1.807, 2.05) is 0 Å². The van der Waals surface area contributed by atoms with Crippen molar-refractivity contribution < 1.29 is 28.6 Å². The minimum atomic E-state index is -0.782. The number of carbonyl (C=O) groups is 3. The van der Waals surface area contributed by atoms with Crippen molar-refractivity contribution in [3.8, 4) is 0 Å². The molecule has 0 aromatic rings. The molecule has 0 bridgehead atoms. The molecule has 0 aromatic heterocycles. The standard InChI is InChI=1S/C75H134O6/c1-4-7-10-13-16-19-22-24-26-28-30-32-34-36-37-38-40-41-43-45-47-49-51-53-56-59-62-65-68-74(77)80-71-72(70-79-73(76)67-64-61-58-55-21-18-15-12-9-6-3)81-75(78)69-66-63-60-57-54-52-50-48-46-44-42-39-35-33-31-29-27-25-23-20-17-14-11-8-5-2/h8,11-12,15,17,20,25,27,31,33,39,42,72H,4-7,9-10,13-14,16,18-19,21-24,26,28-30,32,34-38,40-41,43-71H2,1-3H3/b11-8-,15-12-,20-17-,27-25-,33-31-,42-39-. The van der Waals surface area contributed by atoms with Gasteiger partial charge in [0, 0.05) is 19.3 Å². The lowest BCUT2D eigenvalue weighted by atomic mass is 10.0. The van der Waals surface area contributed by atoms with Gasteiger partial charge in [-0.15, -0.1) is 0 Å². The molecule has 81 heavy (non-hydrogen) atoms. The first kappa shape index (κ1) is 77.9. The number of hydrogen-bond donors (Lipinski definition) is 0. The molecule has 0 saturated heterocycles. The van der Waals surface area contributed by atoms with Gasteiger partial charge in [0.2, 0.25) is 0 Å². The molecule has 1 atom stereocenters. The Hall–Kier alpha value is -3.15. The topological polar surface area (TPSA) is 78.9 Å². The number of carbonyl (C=O) groups excluding carboxylic acids is 3. The Kier molecular flexibility index (Phi) is 66.6. The number of ether oxygens (including phenoxy) is 3. The van der Waals surface area contributed by atoms with Gasteiger partial charge < -0.3 is 14.2 Å². The zero-order chi connectivity index (χ0) is 58.5. The minimum Gasteiger partial charge on any atom is -0.462 e. The fourth-order valence-corrected chi connectivity index (χ4v) is 10.4. The highest BCUT2D eigenvalue weighted by Gasteiger charge is 2.19. The first-order chi connectivity index (χ1) is 40.0. The molecule has 0 heterocycles. The van der Waals surface area contributed by atoms with Crippen molar-refractivity contribution in [2.24, 2.45) is 0 Å². The molecule has 0 aliphatic heterocycles. The van der Waals surface area contributed by atoms with Crippen molar-refractivity contribution in [2.75, 3.05) is 13.2 Å². The second kappa shape index (κ2) is 69.3. The molecular weight excluding hydrogens is 997 g/mol. The number of allylic oxidation sites excluding steroid dienone is 12. The smallest absolute Gasteiger partial charge is 0.306 e. The monoisotopic (exact) mass is 1130 g/mol. The lowest BCUT2D eigenvalue weighted by Gasteiger charge is -2.18. The predicted molar refractivity (Wildman–Crippen MR) is 353 cm³/mol. The normalized spacial score (nSPS) is 12.5. The van der Waals surface area contributed by atoms with Gasteiger partial charge in [-0.1, -0.05) is 338 Å². The van der Waals surface area contributed by atoms with E-state index in [4.69, 9.17) is 14.2 Å². The van der Waals surface area contributed by atoms with E-state index in [1.165, 1.54) is 218 Å². The van der Waals surface area contributed by atoms with E-state index in [0.29, 0.717) is 19.3 Å². The molecule has 0 fully saturated rings. The van der Waals surface area contributed by atoms with Gasteiger partial charge in [-0.2, -0.15) is 0 Å². The summed E-state index contributed by atoms with van der Waals surface area (Å²) in [6, 6.07) is 0. The number of unbranched alkanes of at least 4 members (excludes halogenated alkanes) is 42. The zero-order valence-electron chi connectivity index (χ0n) is 54.1. The number of esters is 3. The molecule has 0 aromatic carbocycles. The highest BCUT2D eigenvalue weighted by molar-refractivity contribution is 5.71. The molecule has 0 aliphatic rings. The fraction of sp³-hybridized carbons (Fsp3) is 0.800. The van der Waals surface area contributed by atoms with Crippen LogP contribution in [0.2, 0.25) is 0 Å². The summed E-state index contributed by atoms with van der Waals surface area (Å²) in [6.45, 7) is 6.51. The zero-order valence-corrected chi connectivity index (χ0v) is 54.1. The van der Waals surface area contributed by atoms with E-state index in [1.54, 1.807) is 0 Å². The van der Waals surface area contributed by atoms with Crippen LogP contribution in [0.1, 0.15) is 367 Å².